The molecule has 74 valence electrons. The molecule has 1 aromatic heterocycles. The van der Waals surface area contributed by atoms with Crippen molar-refractivity contribution in [2.24, 2.45) is 5.41 Å². The monoisotopic (exact) mass is 244 g/mol. The summed E-state index contributed by atoms with van der Waals surface area (Å²) < 4.78 is 5.36. The van der Waals surface area contributed by atoms with Crippen molar-refractivity contribution in [2.45, 2.75) is 33.1 Å². The van der Waals surface area contributed by atoms with E-state index in [0.717, 1.165) is 17.5 Å². The minimum atomic E-state index is 0.340. The Morgan fingerprint density at radius 2 is 2.31 bits per heavy atom. The molecule has 0 amide bonds. The van der Waals surface area contributed by atoms with Crippen molar-refractivity contribution >= 4 is 15.9 Å². The first-order chi connectivity index (χ1) is 6.20. The van der Waals surface area contributed by atoms with Gasteiger partial charge in [-0.05, 0) is 24.0 Å². The fourth-order valence-corrected chi connectivity index (χ4v) is 2.12. The smallest absolute Gasteiger partial charge is 0.104 e. The van der Waals surface area contributed by atoms with E-state index in [9.17, 15) is 0 Å². The number of hydrogen-bond acceptors (Lipinski definition) is 1. The highest BCUT2D eigenvalue weighted by molar-refractivity contribution is 9.09. The van der Waals surface area contributed by atoms with Gasteiger partial charge in [0.05, 0.1) is 6.26 Å². The van der Waals surface area contributed by atoms with Gasteiger partial charge in [0.1, 0.15) is 5.76 Å². The van der Waals surface area contributed by atoms with Crippen molar-refractivity contribution in [2.75, 3.05) is 5.33 Å². The van der Waals surface area contributed by atoms with E-state index in [1.807, 2.05) is 6.07 Å². The van der Waals surface area contributed by atoms with Gasteiger partial charge in [0, 0.05) is 11.8 Å². The SMILES string of the molecule is CCCC(C)(CBr)Cc1ccco1. The van der Waals surface area contributed by atoms with Crippen LogP contribution >= 0.6 is 15.9 Å². The second-order valence-corrected chi connectivity index (χ2v) is 4.51. The van der Waals surface area contributed by atoms with Crippen LogP contribution < -0.4 is 0 Å². The number of alkyl halides is 1. The molecular weight excluding hydrogens is 228 g/mol. The minimum Gasteiger partial charge on any atom is -0.469 e. The molecule has 0 saturated carbocycles. The van der Waals surface area contributed by atoms with Gasteiger partial charge < -0.3 is 4.42 Å². The van der Waals surface area contributed by atoms with Crippen LogP contribution in [0.1, 0.15) is 32.4 Å². The summed E-state index contributed by atoms with van der Waals surface area (Å²) in [4.78, 5) is 0. The predicted octanol–water partition coefficient (Wildman–Crippen LogP) is 4.02. The summed E-state index contributed by atoms with van der Waals surface area (Å²) in [7, 11) is 0. The van der Waals surface area contributed by atoms with Gasteiger partial charge in [0.2, 0.25) is 0 Å². The van der Waals surface area contributed by atoms with Gasteiger partial charge in [0.25, 0.3) is 0 Å². The topological polar surface area (TPSA) is 13.1 Å². The highest BCUT2D eigenvalue weighted by Gasteiger charge is 2.23. The van der Waals surface area contributed by atoms with Gasteiger partial charge in [-0.25, -0.2) is 0 Å². The standard InChI is InChI=1S/C11H17BrO/c1-3-6-11(2,9-12)8-10-5-4-7-13-10/h4-5,7H,3,6,8-9H2,1-2H3. The molecule has 0 aliphatic heterocycles. The Hall–Kier alpha value is -0.240. The molecule has 0 saturated heterocycles. The lowest BCUT2D eigenvalue weighted by Crippen LogP contribution is -2.20. The Morgan fingerprint density at radius 3 is 2.77 bits per heavy atom. The zero-order chi connectivity index (χ0) is 9.73. The molecule has 2 heteroatoms. The molecule has 1 atom stereocenters. The van der Waals surface area contributed by atoms with Crippen molar-refractivity contribution in [3.63, 3.8) is 0 Å². The summed E-state index contributed by atoms with van der Waals surface area (Å²) in [5, 5.41) is 1.04. The number of rotatable bonds is 5. The van der Waals surface area contributed by atoms with Crippen molar-refractivity contribution < 1.29 is 4.42 Å². The predicted molar refractivity (Wildman–Crippen MR) is 59.2 cm³/mol. The molecule has 0 aliphatic carbocycles. The van der Waals surface area contributed by atoms with E-state index in [-0.39, 0.29) is 0 Å². The Morgan fingerprint density at radius 1 is 1.54 bits per heavy atom. The van der Waals surface area contributed by atoms with Gasteiger partial charge >= 0.3 is 0 Å². The number of hydrogen-bond donors (Lipinski definition) is 0. The molecule has 0 aliphatic rings. The highest BCUT2D eigenvalue weighted by Crippen LogP contribution is 2.30. The zero-order valence-electron chi connectivity index (χ0n) is 8.35. The average molecular weight is 245 g/mol. The van der Waals surface area contributed by atoms with E-state index < -0.39 is 0 Å². The summed E-state index contributed by atoms with van der Waals surface area (Å²) in [6.45, 7) is 4.52. The van der Waals surface area contributed by atoms with Crippen LogP contribution in [0.2, 0.25) is 0 Å². The second kappa shape index (κ2) is 4.85. The number of furan rings is 1. The fourth-order valence-electron chi connectivity index (χ4n) is 1.64. The summed E-state index contributed by atoms with van der Waals surface area (Å²) in [6.07, 6.45) is 5.23. The minimum absolute atomic E-state index is 0.340. The normalized spacial score (nSPS) is 15.6. The Balaban J connectivity index is 2.58. The lowest BCUT2D eigenvalue weighted by molar-refractivity contribution is 0.311. The van der Waals surface area contributed by atoms with Crippen LogP contribution in [0.15, 0.2) is 22.8 Å². The maximum absolute atomic E-state index is 5.36. The maximum Gasteiger partial charge on any atom is 0.104 e. The highest BCUT2D eigenvalue weighted by atomic mass is 79.9. The van der Waals surface area contributed by atoms with E-state index in [2.05, 4.69) is 35.8 Å². The van der Waals surface area contributed by atoms with E-state index in [0.29, 0.717) is 5.41 Å². The van der Waals surface area contributed by atoms with Crippen LogP contribution in [0.4, 0.5) is 0 Å². The Labute approximate surface area is 88.6 Å². The average Bonchev–Trinajstić information content (AvgIpc) is 2.57. The molecule has 1 heterocycles. The van der Waals surface area contributed by atoms with Crippen molar-refractivity contribution in [1.29, 1.82) is 0 Å². The molecule has 13 heavy (non-hydrogen) atoms. The molecule has 0 radical (unpaired) electrons. The van der Waals surface area contributed by atoms with E-state index >= 15 is 0 Å². The van der Waals surface area contributed by atoms with Crippen molar-refractivity contribution in [3.8, 4) is 0 Å². The largest absolute Gasteiger partial charge is 0.469 e. The van der Waals surface area contributed by atoms with Crippen molar-refractivity contribution in [3.05, 3.63) is 24.2 Å². The third-order valence-corrected chi connectivity index (χ3v) is 3.71. The summed E-state index contributed by atoms with van der Waals surface area (Å²) in [5.41, 5.74) is 0.340. The zero-order valence-corrected chi connectivity index (χ0v) is 9.93. The second-order valence-electron chi connectivity index (χ2n) is 3.95. The van der Waals surface area contributed by atoms with E-state index in [4.69, 9.17) is 4.42 Å². The summed E-state index contributed by atoms with van der Waals surface area (Å²) >= 11 is 3.58. The Bertz CT molecular complexity index is 230. The first-order valence-electron chi connectivity index (χ1n) is 4.78. The van der Waals surface area contributed by atoms with E-state index in [1.54, 1.807) is 6.26 Å². The molecule has 1 aromatic rings. The summed E-state index contributed by atoms with van der Waals surface area (Å²) in [5.74, 6) is 1.09. The van der Waals surface area contributed by atoms with Crippen LogP contribution in [-0.2, 0) is 6.42 Å². The molecule has 0 bridgehead atoms. The quantitative estimate of drug-likeness (QED) is 0.714. The lowest BCUT2D eigenvalue weighted by Gasteiger charge is -2.25. The van der Waals surface area contributed by atoms with Crippen LogP contribution in [0.5, 0.6) is 0 Å². The molecule has 1 unspecified atom stereocenters. The fraction of sp³-hybridized carbons (Fsp3) is 0.636. The molecule has 1 nitrogen and oxygen atoms in total. The molecular formula is C11H17BrO. The number of halogens is 1. The van der Waals surface area contributed by atoms with Crippen LogP contribution in [0.3, 0.4) is 0 Å². The third kappa shape index (κ3) is 3.18. The first-order valence-corrected chi connectivity index (χ1v) is 5.91. The first kappa shape index (κ1) is 10.8. The molecule has 0 spiro atoms. The van der Waals surface area contributed by atoms with Crippen LogP contribution in [0.25, 0.3) is 0 Å². The van der Waals surface area contributed by atoms with Gasteiger partial charge in [0.15, 0.2) is 0 Å². The summed E-state index contributed by atoms with van der Waals surface area (Å²) in [6, 6.07) is 4.01. The lowest BCUT2D eigenvalue weighted by atomic mass is 9.84. The molecule has 0 aromatic carbocycles. The van der Waals surface area contributed by atoms with Gasteiger partial charge in [-0.1, -0.05) is 36.2 Å². The van der Waals surface area contributed by atoms with Gasteiger partial charge in [-0.15, -0.1) is 0 Å². The van der Waals surface area contributed by atoms with Crippen LogP contribution in [-0.4, -0.2) is 5.33 Å². The van der Waals surface area contributed by atoms with Gasteiger partial charge in [-0.3, -0.25) is 0 Å². The maximum atomic E-state index is 5.36. The molecule has 0 fully saturated rings. The van der Waals surface area contributed by atoms with E-state index in [1.165, 1.54) is 12.8 Å². The molecule has 1 rings (SSSR count). The third-order valence-electron chi connectivity index (χ3n) is 2.36. The Kier molecular flexibility index (Phi) is 4.04. The van der Waals surface area contributed by atoms with Crippen LogP contribution in [0, 0.1) is 5.41 Å². The van der Waals surface area contributed by atoms with Gasteiger partial charge in [-0.2, -0.15) is 0 Å². The van der Waals surface area contributed by atoms with Crippen molar-refractivity contribution in [1.82, 2.24) is 0 Å². The molecule has 0 N–H and O–H groups in total.